The molecule has 0 bridgehead atoms. The first-order valence-corrected chi connectivity index (χ1v) is 9.54. The van der Waals surface area contributed by atoms with Gasteiger partial charge in [-0.3, -0.25) is 4.98 Å². The Balaban J connectivity index is 0.00000210. The predicted molar refractivity (Wildman–Crippen MR) is 112 cm³/mol. The average Bonchev–Trinajstić information content (AvgIpc) is 3.09. The lowest BCUT2D eigenvalue weighted by Crippen LogP contribution is -2.04. The van der Waals surface area contributed by atoms with Crippen LogP contribution in [0.15, 0.2) is 18.3 Å². The van der Waals surface area contributed by atoms with Gasteiger partial charge in [0.05, 0.1) is 37.5 Å². The van der Waals surface area contributed by atoms with E-state index in [0.29, 0.717) is 12.3 Å². The van der Waals surface area contributed by atoms with Gasteiger partial charge >= 0.3 is 0 Å². The highest BCUT2D eigenvalue weighted by Gasteiger charge is 2.18. The van der Waals surface area contributed by atoms with Crippen LogP contribution in [0, 0.1) is 0 Å². The van der Waals surface area contributed by atoms with E-state index in [4.69, 9.17) is 20.2 Å². The number of thiazole rings is 1. The van der Waals surface area contributed by atoms with Gasteiger partial charge in [-0.15, -0.1) is 23.7 Å². The number of ether oxygens (including phenoxy) is 2. The zero-order chi connectivity index (χ0) is 18.1. The summed E-state index contributed by atoms with van der Waals surface area (Å²) in [6, 6.07) is 3.84. The Kier molecular flexibility index (Phi) is 6.04. The molecule has 1 aromatic carbocycles. The molecule has 0 fully saturated rings. The molecule has 0 radical (unpaired) electrons. The van der Waals surface area contributed by atoms with Crippen LogP contribution < -0.4 is 20.5 Å². The summed E-state index contributed by atoms with van der Waals surface area (Å²) in [4.78, 5) is 10.7. The molecule has 1 aliphatic carbocycles. The smallest absolute Gasteiger partial charge is 0.187 e. The molecule has 27 heavy (non-hydrogen) atoms. The van der Waals surface area contributed by atoms with Crippen molar-refractivity contribution in [3.63, 3.8) is 0 Å². The average molecular weight is 407 g/mol. The number of anilines is 2. The fraction of sp³-hybridized carbons (Fsp3) is 0.368. The molecule has 0 saturated heterocycles. The number of rotatable bonds is 5. The number of halogens is 1. The predicted octanol–water partition coefficient (Wildman–Crippen LogP) is 4.21. The number of aryl methyl sites for hydroxylation is 2. The van der Waals surface area contributed by atoms with Gasteiger partial charge < -0.3 is 20.5 Å². The van der Waals surface area contributed by atoms with Crippen LogP contribution in [0.25, 0.3) is 10.8 Å². The summed E-state index contributed by atoms with van der Waals surface area (Å²) in [5, 5.41) is 6.22. The van der Waals surface area contributed by atoms with Gasteiger partial charge in [-0.2, -0.15) is 0 Å². The molecule has 0 unspecified atom stereocenters. The number of fused-ring (bicyclic) bond motifs is 2. The lowest BCUT2D eigenvalue weighted by molar-refractivity contribution is 0.397. The maximum Gasteiger partial charge on any atom is 0.187 e. The van der Waals surface area contributed by atoms with Crippen LogP contribution in [-0.4, -0.2) is 24.2 Å². The van der Waals surface area contributed by atoms with E-state index in [0.717, 1.165) is 45.9 Å². The summed E-state index contributed by atoms with van der Waals surface area (Å²) < 4.78 is 11.0. The van der Waals surface area contributed by atoms with Gasteiger partial charge in [0, 0.05) is 28.3 Å². The van der Waals surface area contributed by atoms with Crippen LogP contribution in [0.4, 0.5) is 10.8 Å². The second kappa shape index (κ2) is 8.29. The second-order valence-corrected chi connectivity index (χ2v) is 7.38. The van der Waals surface area contributed by atoms with E-state index >= 15 is 0 Å². The van der Waals surface area contributed by atoms with Gasteiger partial charge in [0.15, 0.2) is 5.13 Å². The highest BCUT2D eigenvalue weighted by Crippen LogP contribution is 2.39. The van der Waals surface area contributed by atoms with Gasteiger partial charge in [-0.1, -0.05) is 0 Å². The number of nitrogens with zero attached hydrogens (tertiary/aromatic N) is 2. The summed E-state index contributed by atoms with van der Waals surface area (Å²) in [7, 11) is 3.29. The fourth-order valence-corrected chi connectivity index (χ4v) is 4.49. The van der Waals surface area contributed by atoms with E-state index in [-0.39, 0.29) is 12.4 Å². The number of nitrogens with one attached hydrogen (secondary N) is 1. The van der Waals surface area contributed by atoms with Crippen LogP contribution in [0.3, 0.4) is 0 Å². The standard InChI is InChI=1S/C19H22N4O2S.ClH/c1-24-11-7-12-15(10-21-14(9-20)18(12)16(8-11)25-2)23-19-22-13-5-3-4-6-17(13)26-19;/h7-8,10H,3-6,9,20H2,1-2H3,(H,22,23);1H. The molecule has 0 aliphatic heterocycles. The molecule has 0 amide bonds. The second-order valence-electron chi connectivity index (χ2n) is 6.30. The van der Waals surface area contributed by atoms with Crippen molar-refractivity contribution < 1.29 is 9.47 Å². The van der Waals surface area contributed by atoms with Crippen molar-refractivity contribution in [2.75, 3.05) is 19.5 Å². The molecule has 6 nitrogen and oxygen atoms in total. The van der Waals surface area contributed by atoms with E-state index in [1.54, 1.807) is 25.6 Å². The van der Waals surface area contributed by atoms with Gasteiger partial charge in [-0.05, 0) is 31.7 Å². The van der Waals surface area contributed by atoms with Crippen molar-refractivity contribution in [1.29, 1.82) is 0 Å². The van der Waals surface area contributed by atoms with Crippen molar-refractivity contribution in [3.8, 4) is 11.5 Å². The van der Waals surface area contributed by atoms with Crippen molar-refractivity contribution in [3.05, 3.63) is 34.6 Å². The number of methoxy groups -OCH3 is 2. The van der Waals surface area contributed by atoms with E-state index in [1.165, 1.54) is 23.4 Å². The monoisotopic (exact) mass is 406 g/mol. The molecule has 3 N–H and O–H groups in total. The summed E-state index contributed by atoms with van der Waals surface area (Å²) in [6.45, 7) is 0.338. The Morgan fingerprint density at radius 1 is 1.19 bits per heavy atom. The largest absolute Gasteiger partial charge is 0.497 e. The summed E-state index contributed by atoms with van der Waals surface area (Å²) in [5.74, 6) is 1.43. The third-order valence-electron chi connectivity index (χ3n) is 4.74. The third kappa shape index (κ3) is 3.67. The van der Waals surface area contributed by atoms with E-state index < -0.39 is 0 Å². The Hall–Kier alpha value is -2.09. The Bertz CT molecular complexity index is 937. The highest BCUT2D eigenvalue weighted by atomic mass is 35.5. The van der Waals surface area contributed by atoms with Gasteiger partial charge in [-0.25, -0.2) is 4.98 Å². The first-order valence-electron chi connectivity index (χ1n) is 8.72. The van der Waals surface area contributed by atoms with Crippen molar-refractivity contribution in [2.45, 2.75) is 32.2 Å². The molecule has 144 valence electrons. The molecule has 1 aliphatic rings. The molecule has 2 heterocycles. The van der Waals surface area contributed by atoms with Crippen LogP contribution in [-0.2, 0) is 19.4 Å². The van der Waals surface area contributed by atoms with Gasteiger partial charge in [0.25, 0.3) is 0 Å². The summed E-state index contributed by atoms with van der Waals surface area (Å²) in [5.41, 5.74) is 8.80. The topological polar surface area (TPSA) is 82.3 Å². The van der Waals surface area contributed by atoms with Crippen LogP contribution in [0.5, 0.6) is 11.5 Å². The Morgan fingerprint density at radius 3 is 2.70 bits per heavy atom. The summed E-state index contributed by atoms with van der Waals surface area (Å²) in [6.07, 6.45) is 6.48. The van der Waals surface area contributed by atoms with Gasteiger partial charge in [0.1, 0.15) is 11.5 Å². The van der Waals surface area contributed by atoms with Crippen molar-refractivity contribution in [2.24, 2.45) is 5.73 Å². The third-order valence-corrected chi connectivity index (χ3v) is 5.81. The minimum Gasteiger partial charge on any atom is -0.497 e. The first kappa shape index (κ1) is 19.7. The maximum absolute atomic E-state index is 5.90. The number of hydrogen-bond acceptors (Lipinski definition) is 7. The van der Waals surface area contributed by atoms with Crippen molar-refractivity contribution in [1.82, 2.24) is 9.97 Å². The molecule has 8 heteroatoms. The number of pyridine rings is 1. The molecule has 0 atom stereocenters. The zero-order valence-corrected chi connectivity index (χ0v) is 17.0. The Morgan fingerprint density at radius 2 is 2.00 bits per heavy atom. The molecule has 2 aromatic heterocycles. The lowest BCUT2D eigenvalue weighted by atomic mass is 10.0. The number of hydrogen-bond donors (Lipinski definition) is 2. The quantitative estimate of drug-likeness (QED) is 0.660. The zero-order valence-electron chi connectivity index (χ0n) is 15.4. The molecule has 0 saturated carbocycles. The SMILES string of the molecule is COc1cc(OC)c2c(CN)ncc(Nc3nc4c(s3)CCCC4)c2c1.Cl. The van der Waals surface area contributed by atoms with Crippen LogP contribution in [0.1, 0.15) is 29.1 Å². The lowest BCUT2D eigenvalue weighted by Gasteiger charge is -2.14. The van der Waals surface area contributed by atoms with Crippen molar-refractivity contribution >= 4 is 45.3 Å². The highest BCUT2D eigenvalue weighted by molar-refractivity contribution is 7.15. The molecule has 3 aromatic rings. The fourth-order valence-electron chi connectivity index (χ4n) is 3.43. The van der Waals surface area contributed by atoms with Crippen LogP contribution in [0.2, 0.25) is 0 Å². The first-order chi connectivity index (χ1) is 12.7. The molecule has 0 spiro atoms. The number of aromatic nitrogens is 2. The Labute approximate surface area is 168 Å². The summed E-state index contributed by atoms with van der Waals surface area (Å²) >= 11 is 1.73. The maximum atomic E-state index is 5.90. The number of benzene rings is 1. The van der Waals surface area contributed by atoms with E-state index in [2.05, 4.69) is 10.3 Å². The molecule has 4 rings (SSSR count). The van der Waals surface area contributed by atoms with Crippen LogP contribution >= 0.6 is 23.7 Å². The van der Waals surface area contributed by atoms with E-state index in [9.17, 15) is 0 Å². The minimum absolute atomic E-state index is 0. The number of nitrogens with two attached hydrogens (primary N) is 1. The molecular weight excluding hydrogens is 384 g/mol. The molecular formula is C19H23ClN4O2S. The van der Waals surface area contributed by atoms with E-state index in [1.807, 2.05) is 18.3 Å². The normalized spacial score (nSPS) is 13.0. The van der Waals surface area contributed by atoms with Gasteiger partial charge in [0.2, 0.25) is 0 Å². The minimum atomic E-state index is 0.